The van der Waals surface area contributed by atoms with E-state index in [0.29, 0.717) is 11.7 Å². The SMILES string of the molecule is O=C(c1cscn1)N1CCN(C2CCNC2)CC1. The van der Waals surface area contributed by atoms with E-state index in [0.717, 1.165) is 39.3 Å². The summed E-state index contributed by atoms with van der Waals surface area (Å²) in [6.07, 6.45) is 1.24. The van der Waals surface area contributed by atoms with Crippen molar-refractivity contribution in [3.8, 4) is 0 Å². The summed E-state index contributed by atoms with van der Waals surface area (Å²) in [6.45, 7) is 5.85. The van der Waals surface area contributed by atoms with Crippen LogP contribution >= 0.6 is 11.3 Å². The van der Waals surface area contributed by atoms with Crippen LogP contribution in [0.1, 0.15) is 16.9 Å². The van der Waals surface area contributed by atoms with Crippen LogP contribution in [0.15, 0.2) is 10.9 Å². The molecule has 0 spiro atoms. The predicted octanol–water partition coefficient (Wildman–Crippen LogP) is 0.263. The number of rotatable bonds is 2. The maximum atomic E-state index is 12.1. The summed E-state index contributed by atoms with van der Waals surface area (Å²) in [5.74, 6) is 0.0837. The first-order chi connectivity index (χ1) is 8.84. The zero-order chi connectivity index (χ0) is 12.4. The summed E-state index contributed by atoms with van der Waals surface area (Å²) in [6, 6.07) is 0.668. The quantitative estimate of drug-likeness (QED) is 0.834. The Morgan fingerprint density at radius 2 is 2.22 bits per heavy atom. The number of thiazole rings is 1. The van der Waals surface area contributed by atoms with Crippen molar-refractivity contribution in [2.45, 2.75) is 12.5 Å². The molecular formula is C12H18N4OS. The molecule has 3 rings (SSSR count). The van der Waals surface area contributed by atoms with Crippen molar-refractivity contribution in [3.05, 3.63) is 16.6 Å². The van der Waals surface area contributed by atoms with Gasteiger partial charge in [0.05, 0.1) is 5.51 Å². The largest absolute Gasteiger partial charge is 0.335 e. The average Bonchev–Trinajstić information content (AvgIpc) is 3.11. The van der Waals surface area contributed by atoms with Gasteiger partial charge in [-0.2, -0.15) is 0 Å². The second kappa shape index (κ2) is 5.34. The predicted molar refractivity (Wildman–Crippen MR) is 70.9 cm³/mol. The van der Waals surface area contributed by atoms with Crippen LogP contribution in [0.2, 0.25) is 0 Å². The van der Waals surface area contributed by atoms with Gasteiger partial charge in [-0.25, -0.2) is 4.98 Å². The average molecular weight is 266 g/mol. The Hall–Kier alpha value is -0.980. The fourth-order valence-electron chi connectivity index (χ4n) is 2.72. The van der Waals surface area contributed by atoms with Crippen LogP contribution in [0.3, 0.4) is 0 Å². The highest BCUT2D eigenvalue weighted by molar-refractivity contribution is 7.07. The molecule has 1 N–H and O–H groups in total. The molecule has 0 radical (unpaired) electrons. The number of amides is 1. The van der Waals surface area contributed by atoms with Crippen molar-refractivity contribution in [3.63, 3.8) is 0 Å². The van der Waals surface area contributed by atoms with Gasteiger partial charge >= 0.3 is 0 Å². The third-order valence-electron chi connectivity index (χ3n) is 3.80. The van der Waals surface area contributed by atoms with Crippen LogP contribution in [-0.4, -0.2) is 66.0 Å². The summed E-state index contributed by atoms with van der Waals surface area (Å²) in [7, 11) is 0. The lowest BCUT2D eigenvalue weighted by atomic mass is 10.2. The van der Waals surface area contributed by atoms with Gasteiger partial charge in [0.1, 0.15) is 5.69 Å². The van der Waals surface area contributed by atoms with Gasteiger partial charge in [-0.1, -0.05) is 0 Å². The molecule has 0 aliphatic carbocycles. The van der Waals surface area contributed by atoms with Gasteiger partial charge in [0.15, 0.2) is 0 Å². The standard InChI is InChI=1S/C12H18N4OS/c17-12(11-8-18-9-14-11)16-5-3-15(4-6-16)10-1-2-13-7-10/h8-10,13H,1-7H2. The van der Waals surface area contributed by atoms with Gasteiger partial charge in [-0.3, -0.25) is 9.69 Å². The molecule has 1 atom stereocenters. The molecule has 1 aromatic rings. The second-order valence-corrected chi connectivity index (χ2v) is 5.57. The smallest absolute Gasteiger partial charge is 0.273 e. The molecule has 1 unspecified atom stereocenters. The van der Waals surface area contributed by atoms with Crippen molar-refractivity contribution in [1.29, 1.82) is 0 Å². The third-order valence-corrected chi connectivity index (χ3v) is 4.39. The molecule has 6 heteroatoms. The zero-order valence-electron chi connectivity index (χ0n) is 10.3. The van der Waals surface area contributed by atoms with E-state index in [-0.39, 0.29) is 5.91 Å². The van der Waals surface area contributed by atoms with Crippen LogP contribution in [0, 0.1) is 0 Å². The Kier molecular flexibility index (Phi) is 3.58. The Morgan fingerprint density at radius 1 is 1.39 bits per heavy atom. The van der Waals surface area contributed by atoms with Gasteiger partial charge in [-0.15, -0.1) is 11.3 Å². The first kappa shape index (κ1) is 12.1. The monoisotopic (exact) mass is 266 g/mol. The lowest BCUT2D eigenvalue weighted by Crippen LogP contribution is -2.52. The van der Waals surface area contributed by atoms with E-state index in [1.165, 1.54) is 17.8 Å². The van der Waals surface area contributed by atoms with Gasteiger partial charge in [0.2, 0.25) is 0 Å². The maximum absolute atomic E-state index is 12.1. The summed E-state index contributed by atoms with van der Waals surface area (Å²) < 4.78 is 0. The lowest BCUT2D eigenvalue weighted by Gasteiger charge is -2.37. The molecule has 2 aliphatic rings. The Balaban J connectivity index is 1.55. The molecule has 0 saturated carbocycles. The van der Waals surface area contributed by atoms with E-state index in [2.05, 4.69) is 15.2 Å². The van der Waals surface area contributed by atoms with Crippen molar-refractivity contribution >= 4 is 17.2 Å². The van der Waals surface area contributed by atoms with Crippen LogP contribution in [0.4, 0.5) is 0 Å². The number of carbonyl (C=O) groups is 1. The van der Waals surface area contributed by atoms with Crippen molar-refractivity contribution in [1.82, 2.24) is 20.1 Å². The molecule has 98 valence electrons. The van der Waals surface area contributed by atoms with E-state index >= 15 is 0 Å². The van der Waals surface area contributed by atoms with Crippen LogP contribution < -0.4 is 5.32 Å². The van der Waals surface area contributed by atoms with Crippen molar-refractivity contribution in [2.75, 3.05) is 39.3 Å². The minimum absolute atomic E-state index is 0.0837. The highest BCUT2D eigenvalue weighted by Crippen LogP contribution is 2.14. The minimum Gasteiger partial charge on any atom is -0.335 e. The number of aromatic nitrogens is 1. The van der Waals surface area contributed by atoms with Crippen LogP contribution in [0.25, 0.3) is 0 Å². The Bertz CT molecular complexity index is 394. The summed E-state index contributed by atoms with van der Waals surface area (Å²) >= 11 is 1.48. The summed E-state index contributed by atoms with van der Waals surface area (Å²) in [5.41, 5.74) is 2.31. The first-order valence-corrected chi connectivity index (χ1v) is 7.41. The molecular weight excluding hydrogens is 248 g/mol. The minimum atomic E-state index is 0.0837. The number of piperazine rings is 1. The number of nitrogens with one attached hydrogen (secondary N) is 1. The fourth-order valence-corrected chi connectivity index (χ4v) is 3.25. The van der Waals surface area contributed by atoms with Crippen molar-refractivity contribution < 1.29 is 4.79 Å². The molecule has 1 aromatic heterocycles. The molecule has 0 aromatic carbocycles. The Labute approximate surface area is 111 Å². The zero-order valence-corrected chi connectivity index (χ0v) is 11.2. The topological polar surface area (TPSA) is 48.5 Å². The van der Waals surface area contributed by atoms with E-state index in [4.69, 9.17) is 0 Å². The second-order valence-electron chi connectivity index (χ2n) is 4.85. The summed E-state index contributed by atoms with van der Waals surface area (Å²) in [4.78, 5) is 20.6. The van der Waals surface area contributed by atoms with Gasteiger partial charge < -0.3 is 10.2 Å². The third kappa shape index (κ3) is 2.41. The molecule has 18 heavy (non-hydrogen) atoms. The molecule has 2 aliphatic heterocycles. The van der Waals surface area contributed by atoms with Crippen LogP contribution in [0.5, 0.6) is 0 Å². The van der Waals surface area contributed by atoms with Gasteiger partial charge in [0.25, 0.3) is 5.91 Å². The number of nitrogens with zero attached hydrogens (tertiary/aromatic N) is 3. The molecule has 2 saturated heterocycles. The van der Waals surface area contributed by atoms with Gasteiger partial charge in [-0.05, 0) is 13.0 Å². The molecule has 2 fully saturated rings. The molecule has 1 amide bonds. The van der Waals surface area contributed by atoms with E-state index in [1.807, 2.05) is 10.3 Å². The fraction of sp³-hybridized carbons (Fsp3) is 0.667. The van der Waals surface area contributed by atoms with E-state index in [9.17, 15) is 4.79 Å². The lowest BCUT2D eigenvalue weighted by molar-refractivity contribution is 0.0579. The van der Waals surface area contributed by atoms with E-state index in [1.54, 1.807) is 5.51 Å². The highest BCUT2D eigenvalue weighted by Gasteiger charge is 2.28. The molecule has 3 heterocycles. The first-order valence-electron chi connectivity index (χ1n) is 6.47. The van der Waals surface area contributed by atoms with Crippen LogP contribution in [-0.2, 0) is 0 Å². The maximum Gasteiger partial charge on any atom is 0.273 e. The molecule has 0 bridgehead atoms. The van der Waals surface area contributed by atoms with Crippen molar-refractivity contribution in [2.24, 2.45) is 0 Å². The number of hydrogen-bond donors (Lipinski definition) is 1. The number of hydrogen-bond acceptors (Lipinski definition) is 5. The molecule has 5 nitrogen and oxygen atoms in total. The summed E-state index contributed by atoms with van der Waals surface area (Å²) in [5, 5.41) is 5.22. The number of carbonyl (C=O) groups excluding carboxylic acids is 1. The van der Waals surface area contributed by atoms with Gasteiger partial charge in [0, 0.05) is 44.1 Å². The Morgan fingerprint density at radius 3 is 2.83 bits per heavy atom. The highest BCUT2D eigenvalue weighted by atomic mass is 32.1. The normalized spacial score (nSPS) is 25.6. The van der Waals surface area contributed by atoms with E-state index < -0.39 is 0 Å².